The first-order valence-corrected chi connectivity index (χ1v) is 9.09. The number of nitrogens with one attached hydrogen (secondary N) is 1. The summed E-state index contributed by atoms with van der Waals surface area (Å²) in [6.07, 6.45) is 0. The fraction of sp³-hybridized carbons (Fsp3) is 0.0769. The largest absolute Gasteiger partial charge is 0.497 e. The summed E-state index contributed by atoms with van der Waals surface area (Å²) >= 11 is 12.5. The van der Waals surface area contributed by atoms with Gasteiger partial charge in [-0.2, -0.15) is 0 Å². The van der Waals surface area contributed by atoms with Crippen molar-refractivity contribution in [2.75, 3.05) is 11.8 Å². The molecule has 0 saturated carbocycles. The van der Waals surface area contributed by atoms with E-state index in [1.54, 1.807) is 24.3 Å². The average Bonchev–Trinajstić information content (AvgIpc) is 2.40. The van der Waals surface area contributed by atoms with Crippen LogP contribution in [0.5, 0.6) is 5.75 Å². The fourth-order valence-electron chi connectivity index (χ4n) is 1.60. The molecule has 2 rings (SSSR count). The molecule has 0 aliphatic heterocycles. The van der Waals surface area contributed by atoms with Gasteiger partial charge in [-0.25, -0.2) is 8.42 Å². The van der Waals surface area contributed by atoms with Crippen LogP contribution < -0.4 is 9.46 Å². The van der Waals surface area contributed by atoms with Gasteiger partial charge in [-0.05, 0) is 46.3 Å². The van der Waals surface area contributed by atoms with E-state index in [4.69, 9.17) is 16.3 Å². The lowest BCUT2D eigenvalue weighted by molar-refractivity contribution is 0.415. The van der Waals surface area contributed by atoms with Crippen LogP contribution in [0.3, 0.4) is 0 Å². The Morgan fingerprint density at radius 3 is 2.48 bits per heavy atom. The molecule has 0 radical (unpaired) electrons. The molecule has 0 atom stereocenters. The van der Waals surface area contributed by atoms with Crippen molar-refractivity contribution in [3.8, 4) is 5.75 Å². The molecule has 21 heavy (non-hydrogen) atoms. The number of benzene rings is 2. The molecule has 4 nitrogen and oxygen atoms in total. The van der Waals surface area contributed by atoms with Crippen LogP contribution in [0.15, 0.2) is 50.2 Å². The van der Waals surface area contributed by atoms with E-state index in [0.29, 0.717) is 20.4 Å². The average molecular weight is 456 g/mol. The van der Waals surface area contributed by atoms with Crippen molar-refractivity contribution in [3.63, 3.8) is 0 Å². The first-order chi connectivity index (χ1) is 9.83. The molecule has 0 unspecified atom stereocenters. The highest BCUT2D eigenvalue weighted by Crippen LogP contribution is 2.31. The Morgan fingerprint density at radius 2 is 1.86 bits per heavy atom. The molecule has 1 N–H and O–H groups in total. The smallest absolute Gasteiger partial charge is 0.263 e. The molecule has 0 bridgehead atoms. The van der Waals surface area contributed by atoms with Crippen LogP contribution in [0.4, 0.5) is 5.69 Å². The number of sulfonamides is 1. The number of anilines is 1. The van der Waals surface area contributed by atoms with Crippen LogP contribution in [-0.2, 0) is 10.0 Å². The zero-order valence-electron chi connectivity index (χ0n) is 10.7. The maximum Gasteiger partial charge on any atom is 0.263 e. The molecule has 112 valence electrons. The van der Waals surface area contributed by atoms with E-state index in [-0.39, 0.29) is 9.92 Å². The van der Waals surface area contributed by atoms with Gasteiger partial charge in [-0.15, -0.1) is 0 Å². The molecular weight excluding hydrogens is 445 g/mol. The van der Waals surface area contributed by atoms with E-state index in [1.807, 2.05) is 0 Å². The Balaban J connectivity index is 2.42. The molecule has 0 aliphatic rings. The number of hydrogen-bond acceptors (Lipinski definition) is 3. The van der Waals surface area contributed by atoms with Gasteiger partial charge in [0, 0.05) is 15.0 Å². The van der Waals surface area contributed by atoms with E-state index in [0.717, 1.165) is 0 Å². The minimum Gasteiger partial charge on any atom is -0.497 e. The third kappa shape index (κ3) is 3.91. The molecule has 0 aliphatic carbocycles. The maximum atomic E-state index is 12.4. The normalized spacial score (nSPS) is 11.2. The number of rotatable bonds is 4. The zero-order valence-corrected chi connectivity index (χ0v) is 15.5. The van der Waals surface area contributed by atoms with E-state index in [2.05, 4.69) is 36.6 Å². The maximum absolute atomic E-state index is 12.4. The number of methoxy groups -OCH3 is 1. The Labute approximate surface area is 144 Å². The van der Waals surface area contributed by atoms with Crippen molar-refractivity contribution in [1.29, 1.82) is 0 Å². The van der Waals surface area contributed by atoms with Crippen molar-refractivity contribution in [1.82, 2.24) is 0 Å². The van der Waals surface area contributed by atoms with Gasteiger partial charge in [-0.1, -0.05) is 27.5 Å². The predicted molar refractivity (Wildman–Crippen MR) is 90.7 cm³/mol. The minimum absolute atomic E-state index is 0.00193. The fourth-order valence-corrected chi connectivity index (χ4v) is 4.19. The second-order valence-electron chi connectivity index (χ2n) is 4.03. The van der Waals surface area contributed by atoms with Crippen molar-refractivity contribution in [2.24, 2.45) is 0 Å². The summed E-state index contributed by atoms with van der Waals surface area (Å²) in [6.45, 7) is 0. The second-order valence-corrected chi connectivity index (χ2v) is 7.85. The third-order valence-corrected chi connectivity index (χ3v) is 5.63. The van der Waals surface area contributed by atoms with Crippen molar-refractivity contribution in [3.05, 3.63) is 50.4 Å². The van der Waals surface area contributed by atoms with Gasteiger partial charge in [0.2, 0.25) is 0 Å². The molecule has 0 saturated heterocycles. The SMILES string of the molecule is COc1ccc(Br)c(NS(=O)(=O)c2ccc(Br)cc2Cl)c1. The van der Waals surface area contributed by atoms with E-state index in [9.17, 15) is 8.42 Å². The third-order valence-electron chi connectivity index (χ3n) is 2.60. The van der Waals surface area contributed by atoms with Gasteiger partial charge in [0.15, 0.2) is 0 Å². The summed E-state index contributed by atoms with van der Waals surface area (Å²) < 4.78 is 33.7. The molecule has 2 aromatic carbocycles. The highest BCUT2D eigenvalue weighted by molar-refractivity contribution is 9.10. The van der Waals surface area contributed by atoms with Crippen LogP contribution in [0.25, 0.3) is 0 Å². The zero-order chi connectivity index (χ0) is 15.6. The second kappa shape index (κ2) is 6.56. The molecule has 0 heterocycles. The molecule has 8 heteroatoms. The van der Waals surface area contributed by atoms with Gasteiger partial charge in [0.25, 0.3) is 10.0 Å². The Kier molecular flexibility index (Phi) is 5.19. The molecular formula is C13H10Br2ClNO3S. The predicted octanol–water partition coefficient (Wildman–Crippen LogP) is 4.67. The van der Waals surface area contributed by atoms with Gasteiger partial charge in [0.05, 0.1) is 17.8 Å². The quantitative estimate of drug-likeness (QED) is 0.729. The summed E-state index contributed by atoms with van der Waals surface area (Å²) in [6, 6.07) is 9.56. The van der Waals surface area contributed by atoms with Gasteiger partial charge < -0.3 is 4.74 Å². The minimum atomic E-state index is -3.80. The molecule has 2 aromatic rings. The highest BCUT2D eigenvalue weighted by Gasteiger charge is 2.19. The van der Waals surface area contributed by atoms with Crippen LogP contribution in [0.2, 0.25) is 5.02 Å². The summed E-state index contributed by atoms with van der Waals surface area (Å²) in [5.41, 5.74) is 0.369. The molecule has 0 aromatic heterocycles. The van der Waals surface area contributed by atoms with Crippen LogP contribution in [0, 0.1) is 0 Å². The highest BCUT2D eigenvalue weighted by atomic mass is 79.9. The lowest BCUT2D eigenvalue weighted by Gasteiger charge is -2.12. The van der Waals surface area contributed by atoms with E-state index < -0.39 is 10.0 Å². The first-order valence-electron chi connectivity index (χ1n) is 5.65. The Morgan fingerprint density at radius 1 is 1.14 bits per heavy atom. The standard InChI is InChI=1S/C13H10Br2ClNO3S/c1-20-9-3-4-10(15)12(7-9)17-21(18,19)13-5-2-8(14)6-11(13)16/h2-7,17H,1H3. The van der Waals surface area contributed by atoms with Crippen LogP contribution in [0.1, 0.15) is 0 Å². The lowest BCUT2D eigenvalue weighted by Crippen LogP contribution is -2.14. The number of hydrogen-bond donors (Lipinski definition) is 1. The number of ether oxygens (including phenoxy) is 1. The van der Waals surface area contributed by atoms with E-state index in [1.165, 1.54) is 19.2 Å². The molecule has 0 fully saturated rings. The van der Waals surface area contributed by atoms with Gasteiger partial charge in [0.1, 0.15) is 10.6 Å². The Hall–Kier alpha value is -0.760. The van der Waals surface area contributed by atoms with Crippen LogP contribution in [-0.4, -0.2) is 15.5 Å². The van der Waals surface area contributed by atoms with Crippen molar-refractivity contribution < 1.29 is 13.2 Å². The summed E-state index contributed by atoms with van der Waals surface area (Å²) in [4.78, 5) is 0.00193. The topological polar surface area (TPSA) is 55.4 Å². The monoisotopic (exact) mass is 453 g/mol. The number of halogens is 3. The summed E-state index contributed by atoms with van der Waals surface area (Å²) in [7, 11) is -2.29. The van der Waals surface area contributed by atoms with Crippen molar-refractivity contribution in [2.45, 2.75) is 4.90 Å². The first kappa shape index (κ1) is 16.6. The van der Waals surface area contributed by atoms with E-state index >= 15 is 0 Å². The van der Waals surface area contributed by atoms with Gasteiger partial charge >= 0.3 is 0 Å². The molecule has 0 amide bonds. The Bertz CT molecular complexity index is 781. The summed E-state index contributed by atoms with van der Waals surface area (Å²) in [5, 5.41) is 0.135. The molecule has 0 spiro atoms. The lowest BCUT2D eigenvalue weighted by atomic mass is 10.3. The van der Waals surface area contributed by atoms with Crippen LogP contribution >= 0.6 is 43.5 Å². The summed E-state index contributed by atoms with van der Waals surface area (Å²) in [5.74, 6) is 0.540. The van der Waals surface area contributed by atoms with Crippen molar-refractivity contribution >= 4 is 59.2 Å². The van der Waals surface area contributed by atoms with Gasteiger partial charge in [-0.3, -0.25) is 4.72 Å².